The molecule has 0 bridgehead atoms. The fourth-order valence-corrected chi connectivity index (χ4v) is 1.45. The van der Waals surface area contributed by atoms with Crippen molar-refractivity contribution < 1.29 is 13.2 Å². The van der Waals surface area contributed by atoms with E-state index in [4.69, 9.17) is 0 Å². The van der Waals surface area contributed by atoms with E-state index in [0.29, 0.717) is 5.69 Å². The normalized spacial score (nSPS) is 16.6. The Morgan fingerprint density at radius 3 is 2.36 bits per heavy atom. The van der Waals surface area contributed by atoms with Gasteiger partial charge in [0.2, 0.25) is 0 Å². The second kappa shape index (κ2) is 3.19. The highest BCUT2D eigenvalue weighted by molar-refractivity contribution is 5.50. The number of halogens is 3. The minimum atomic E-state index is -4.24. The summed E-state index contributed by atoms with van der Waals surface area (Å²) in [6, 6.07) is 5.48. The zero-order valence-corrected chi connectivity index (χ0v) is 7.51. The lowest BCUT2D eigenvalue weighted by molar-refractivity contribution is -0.137. The zero-order chi connectivity index (χ0) is 10.2. The lowest BCUT2D eigenvalue weighted by atomic mass is 10.1. The van der Waals surface area contributed by atoms with E-state index in [-0.39, 0.29) is 0 Å². The van der Waals surface area contributed by atoms with Gasteiger partial charge >= 0.3 is 6.18 Å². The van der Waals surface area contributed by atoms with E-state index < -0.39 is 11.7 Å². The molecule has 0 spiro atoms. The molecule has 1 aromatic rings. The van der Waals surface area contributed by atoms with Crippen molar-refractivity contribution in [2.45, 2.75) is 12.6 Å². The summed E-state index contributed by atoms with van der Waals surface area (Å²) in [6.45, 7) is 1.72. The molecule has 14 heavy (non-hydrogen) atoms. The average molecular weight is 201 g/mol. The Morgan fingerprint density at radius 2 is 1.86 bits per heavy atom. The molecule has 1 aliphatic heterocycles. The summed E-state index contributed by atoms with van der Waals surface area (Å²) in [5.41, 5.74) is 0.105. The van der Waals surface area contributed by atoms with Gasteiger partial charge in [0.1, 0.15) is 0 Å². The quantitative estimate of drug-likeness (QED) is 0.675. The number of alkyl halides is 3. The Morgan fingerprint density at radius 1 is 1.14 bits per heavy atom. The van der Waals surface area contributed by atoms with Gasteiger partial charge in [-0.2, -0.15) is 13.2 Å². The Balaban J connectivity index is 2.26. The lowest BCUT2D eigenvalue weighted by Crippen LogP contribution is -2.37. The van der Waals surface area contributed by atoms with Gasteiger partial charge in [0, 0.05) is 18.8 Å². The maximum Gasteiger partial charge on any atom is 0.416 e. The smallest absolute Gasteiger partial charge is 0.371 e. The molecule has 76 valence electrons. The largest absolute Gasteiger partial charge is 0.416 e. The predicted molar refractivity (Wildman–Crippen MR) is 48.3 cm³/mol. The minimum Gasteiger partial charge on any atom is -0.371 e. The fourth-order valence-electron chi connectivity index (χ4n) is 1.45. The third-order valence-corrected chi connectivity index (χ3v) is 2.39. The van der Waals surface area contributed by atoms with Crippen LogP contribution in [0.1, 0.15) is 12.0 Å². The van der Waals surface area contributed by atoms with Gasteiger partial charge in [-0.15, -0.1) is 0 Å². The van der Waals surface area contributed by atoms with Crippen molar-refractivity contribution in [3.05, 3.63) is 29.8 Å². The molecular weight excluding hydrogens is 191 g/mol. The first-order valence-corrected chi connectivity index (χ1v) is 4.49. The fraction of sp³-hybridized carbons (Fsp3) is 0.400. The van der Waals surface area contributed by atoms with Crippen LogP contribution in [0.5, 0.6) is 0 Å². The van der Waals surface area contributed by atoms with Crippen molar-refractivity contribution in [2.24, 2.45) is 0 Å². The maximum absolute atomic E-state index is 12.3. The summed E-state index contributed by atoms with van der Waals surface area (Å²) in [5, 5.41) is 0. The van der Waals surface area contributed by atoms with Gasteiger partial charge in [0.15, 0.2) is 0 Å². The topological polar surface area (TPSA) is 3.24 Å². The first-order valence-electron chi connectivity index (χ1n) is 4.49. The summed E-state index contributed by atoms with van der Waals surface area (Å²) in [5.74, 6) is 0. The van der Waals surface area contributed by atoms with Crippen LogP contribution in [0.15, 0.2) is 24.3 Å². The number of hydrogen-bond donors (Lipinski definition) is 0. The monoisotopic (exact) mass is 201 g/mol. The highest BCUT2D eigenvalue weighted by Gasteiger charge is 2.31. The third-order valence-electron chi connectivity index (χ3n) is 2.39. The average Bonchev–Trinajstić information content (AvgIpc) is 2.00. The highest BCUT2D eigenvalue weighted by atomic mass is 19.4. The molecule has 0 aromatic heterocycles. The SMILES string of the molecule is FC(F)(F)c1cccc(N2CCC2)c1. The molecule has 0 saturated carbocycles. The molecule has 0 amide bonds. The summed E-state index contributed by atoms with van der Waals surface area (Å²) in [4.78, 5) is 1.94. The zero-order valence-electron chi connectivity index (χ0n) is 7.51. The van der Waals surface area contributed by atoms with Crippen LogP contribution in [0.4, 0.5) is 18.9 Å². The molecule has 1 aromatic carbocycles. The standard InChI is InChI=1S/C10H10F3N/c11-10(12,13)8-3-1-4-9(7-8)14-5-2-6-14/h1,3-4,7H,2,5-6H2. The summed E-state index contributed by atoms with van der Waals surface area (Å²) in [7, 11) is 0. The number of benzene rings is 1. The second-order valence-corrected chi connectivity index (χ2v) is 3.39. The van der Waals surface area contributed by atoms with Crippen LogP contribution >= 0.6 is 0 Å². The van der Waals surface area contributed by atoms with Gasteiger partial charge in [0.25, 0.3) is 0 Å². The van der Waals surface area contributed by atoms with Crippen LogP contribution in [-0.2, 0) is 6.18 Å². The molecule has 1 saturated heterocycles. The van der Waals surface area contributed by atoms with Crippen molar-refractivity contribution in [1.29, 1.82) is 0 Å². The predicted octanol–water partition coefficient (Wildman–Crippen LogP) is 2.92. The first-order chi connectivity index (χ1) is 6.57. The lowest BCUT2D eigenvalue weighted by Gasteiger charge is -2.33. The van der Waals surface area contributed by atoms with Crippen LogP contribution in [0.3, 0.4) is 0 Å². The summed E-state index contributed by atoms with van der Waals surface area (Å²) < 4.78 is 37.0. The van der Waals surface area contributed by atoms with Crippen molar-refractivity contribution in [3.8, 4) is 0 Å². The molecule has 4 heteroatoms. The summed E-state index contributed by atoms with van der Waals surface area (Å²) >= 11 is 0. The van der Waals surface area contributed by atoms with E-state index in [1.807, 2.05) is 4.90 Å². The third kappa shape index (κ3) is 1.69. The van der Waals surface area contributed by atoms with E-state index in [1.165, 1.54) is 12.1 Å². The molecule has 1 fully saturated rings. The van der Waals surface area contributed by atoms with E-state index in [0.717, 1.165) is 25.6 Å². The van der Waals surface area contributed by atoms with Crippen molar-refractivity contribution in [2.75, 3.05) is 18.0 Å². The molecule has 0 radical (unpaired) electrons. The molecule has 0 aliphatic carbocycles. The van der Waals surface area contributed by atoms with Gasteiger partial charge in [-0.25, -0.2) is 0 Å². The van der Waals surface area contributed by atoms with Crippen LogP contribution in [0.25, 0.3) is 0 Å². The van der Waals surface area contributed by atoms with Crippen LogP contribution in [0.2, 0.25) is 0 Å². The molecule has 0 atom stereocenters. The molecule has 0 unspecified atom stereocenters. The number of hydrogen-bond acceptors (Lipinski definition) is 1. The molecule has 0 N–H and O–H groups in total. The van der Waals surface area contributed by atoms with E-state index in [1.54, 1.807) is 6.07 Å². The molecular formula is C10H10F3N. The van der Waals surface area contributed by atoms with Gasteiger partial charge in [-0.3, -0.25) is 0 Å². The second-order valence-electron chi connectivity index (χ2n) is 3.39. The van der Waals surface area contributed by atoms with Crippen LogP contribution < -0.4 is 4.90 Å². The van der Waals surface area contributed by atoms with Crippen molar-refractivity contribution in [1.82, 2.24) is 0 Å². The Hall–Kier alpha value is -1.19. The van der Waals surface area contributed by atoms with Crippen molar-refractivity contribution >= 4 is 5.69 Å². The summed E-state index contributed by atoms with van der Waals surface area (Å²) in [6.07, 6.45) is -3.17. The Kier molecular flexibility index (Phi) is 2.13. The molecule has 1 aliphatic rings. The van der Waals surface area contributed by atoms with Gasteiger partial charge < -0.3 is 4.90 Å². The maximum atomic E-state index is 12.3. The molecule has 2 rings (SSSR count). The highest BCUT2D eigenvalue weighted by Crippen LogP contribution is 2.32. The Labute approximate surface area is 80.1 Å². The van der Waals surface area contributed by atoms with Crippen LogP contribution in [0, 0.1) is 0 Å². The van der Waals surface area contributed by atoms with Gasteiger partial charge in [-0.05, 0) is 24.6 Å². The van der Waals surface area contributed by atoms with E-state index in [2.05, 4.69) is 0 Å². The van der Waals surface area contributed by atoms with Gasteiger partial charge in [0.05, 0.1) is 5.56 Å². The van der Waals surface area contributed by atoms with Crippen molar-refractivity contribution in [3.63, 3.8) is 0 Å². The minimum absolute atomic E-state index is 0.568. The number of rotatable bonds is 1. The molecule has 1 nitrogen and oxygen atoms in total. The van der Waals surface area contributed by atoms with Crippen LogP contribution in [-0.4, -0.2) is 13.1 Å². The van der Waals surface area contributed by atoms with E-state index >= 15 is 0 Å². The van der Waals surface area contributed by atoms with Gasteiger partial charge in [-0.1, -0.05) is 6.07 Å². The van der Waals surface area contributed by atoms with E-state index in [9.17, 15) is 13.2 Å². The Bertz CT molecular complexity index is 328. The number of nitrogens with zero attached hydrogens (tertiary/aromatic N) is 1. The number of anilines is 1. The first kappa shape index (κ1) is 9.37. The molecule has 1 heterocycles.